The molecular weight excluding hydrogens is 520 g/mol. The highest BCUT2D eigenvalue weighted by Gasteiger charge is 2.19. The normalized spacial score (nSPS) is 11.6. The van der Waals surface area contributed by atoms with Crippen LogP contribution in [0.2, 0.25) is 0 Å². The molecule has 0 spiro atoms. The van der Waals surface area contributed by atoms with Crippen LogP contribution in [0.25, 0.3) is 0 Å². The molecule has 1 aromatic heterocycles. The molecule has 0 saturated carbocycles. The zero-order chi connectivity index (χ0) is 25.9. The minimum Gasteiger partial charge on any atom is -0.322 e. The Morgan fingerprint density at radius 3 is 2.03 bits per heavy atom. The van der Waals surface area contributed by atoms with Gasteiger partial charge in [-0.2, -0.15) is 0 Å². The van der Waals surface area contributed by atoms with Crippen molar-refractivity contribution in [3.05, 3.63) is 95.0 Å². The van der Waals surface area contributed by atoms with Crippen LogP contribution >= 0.6 is 11.3 Å². The molecule has 0 saturated heterocycles. The average Bonchev–Trinajstić information content (AvgIpc) is 3.33. The van der Waals surface area contributed by atoms with E-state index in [4.69, 9.17) is 0 Å². The van der Waals surface area contributed by atoms with Gasteiger partial charge in [-0.1, -0.05) is 23.8 Å². The fraction of sp³-hybridized carbons (Fsp3) is 0.0833. The lowest BCUT2D eigenvalue weighted by Crippen LogP contribution is -2.17. The second-order valence-electron chi connectivity index (χ2n) is 7.82. The van der Waals surface area contributed by atoms with Crippen molar-refractivity contribution in [3.63, 3.8) is 0 Å². The number of aromatic nitrogens is 1. The van der Waals surface area contributed by atoms with Crippen molar-refractivity contribution < 1.29 is 21.6 Å². The molecule has 1 amide bonds. The Kier molecular flexibility index (Phi) is 7.11. The molecule has 36 heavy (non-hydrogen) atoms. The number of carbonyl (C=O) groups excluding carboxylic acids is 1. The molecule has 3 aromatic carbocycles. The molecule has 4 aromatic rings. The van der Waals surface area contributed by atoms with Gasteiger partial charge >= 0.3 is 0 Å². The molecule has 0 aliphatic heterocycles. The molecular formula is C24H22N4O5S3. The van der Waals surface area contributed by atoms with Gasteiger partial charge in [0, 0.05) is 22.8 Å². The number of amides is 1. The van der Waals surface area contributed by atoms with Crippen LogP contribution in [-0.2, 0) is 20.0 Å². The highest BCUT2D eigenvalue weighted by atomic mass is 32.2. The number of rotatable bonds is 8. The Labute approximate surface area is 213 Å². The van der Waals surface area contributed by atoms with Gasteiger partial charge in [-0.15, -0.1) is 11.3 Å². The summed E-state index contributed by atoms with van der Waals surface area (Å²) in [7, 11) is -7.66. The highest BCUT2D eigenvalue weighted by molar-refractivity contribution is 7.93. The summed E-state index contributed by atoms with van der Waals surface area (Å²) in [5, 5.41) is 4.61. The van der Waals surface area contributed by atoms with Crippen molar-refractivity contribution in [2.24, 2.45) is 0 Å². The zero-order valence-corrected chi connectivity index (χ0v) is 21.7. The van der Waals surface area contributed by atoms with Crippen LogP contribution in [0.15, 0.2) is 88.1 Å². The van der Waals surface area contributed by atoms with Gasteiger partial charge in [-0.05, 0) is 67.9 Å². The second-order valence-corrected chi connectivity index (χ2v) is 12.1. The minimum atomic E-state index is -3.84. The number of benzene rings is 3. The number of aryl methyl sites for hydroxylation is 1. The van der Waals surface area contributed by atoms with E-state index in [1.165, 1.54) is 42.6 Å². The third-order valence-electron chi connectivity index (χ3n) is 5.23. The molecule has 4 rings (SSSR count). The Morgan fingerprint density at radius 2 is 1.42 bits per heavy atom. The summed E-state index contributed by atoms with van der Waals surface area (Å²) >= 11 is 1.16. The number of nitrogens with zero attached hydrogens (tertiary/aromatic N) is 1. The quantitative estimate of drug-likeness (QED) is 0.298. The topological polar surface area (TPSA) is 134 Å². The summed E-state index contributed by atoms with van der Waals surface area (Å²) in [4.78, 5) is 17.0. The maximum atomic E-state index is 12.9. The first-order valence-corrected chi connectivity index (χ1v) is 14.4. The van der Waals surface area contributed by atoms with Crippen molar-refractivity contribution in [1.29, 1.82) is 0 Å². The van der Waals surface area contributed by atoms with Gasteiger partial charge in [0.2, 0.25) is 0 Å². The van der Waals surface area contributed by atoms with E-state index >= 15 is 0 Å². The van der Waals surface area contributed by atoms with Crippen LogP contribution < -0.4 is 14.8 Å². The molecule has 0 unspecified atom stereocenters. The van der Waals surface area contributed by atoms with Crippen molar-refractivity contribution in [1.82, 2.24) is 4.98 Å². The van der Waals surface area contributed by atoms with Crippen LogP contribution in [-0.4, -0.2) is 27.7 Å². The molecule has 0 atom stereocenters. The molecule has 1 heterocycles. The summed E-state index contributed by atoms with van der Waals surface area (Å²) in [5.74, 6) is -0.472. The van der Waals surface area contributed by atoms with Gasteiger partial charge in [0.1, 0.15) is 0 Å². The lowest BCUT2D eigenvalue weighted by molar-refractivity contribution is 0.102. The third-order valence-corrected chi connectivity index (χ3v) is 8.78. The molecule has 3 N–H and O–H groups in total. The van der Waals surface area contributed by atoms with E-state index in [2.05, 4.69) is 19.7 Å². The van der Waals surface area contributed by atoms with Gasteiger partial charge in [0.05, 0.1) is 15.5 Å². The van der Waals surface area contributed by atoms with Gasteiger partial charge in [-0.25, -0.2) is 21.8 Å². The smallest absolute Gasteiger partial charge is 0.263 e. The number of anilines is 3. The number of carbonyl (C=O) groups is 1. The Morgan fingerprint density at radius 1 is 0.806 bits per heavy atom. The monoisotopic (exact) mass is 542 g/mol. The maximum Gasteiger partial charge on any atom is 0.263 e. The molecule has 0 fully saturated rings. The summed E-state index contributed by atoms with van der Waals surface area (Å²) in [5.41, 5.74) is 2.29. The van der Waals surface area contributed by atoms with Crippen LogP contribution in [0, 0.1) is 13.8 Å². The number of hydrogen-bond donors (Lipinski definition) is 3. The van der Waals surface area contributed by atoms with E-state index in [1.54, 1.807) is 42.6 Å². The SMILES string of the molecule is Cc1ccc(S(=O)(=O)Nc2cccc(C(=O)Nc3ccc(S(=O)(=O)Nc4nccs4)cc3)c2C)cc1. The summed E-state index contributed by atoms with van der Waals surface area (Å²) < 4.78 is 55.4. The predicted octanol–water partition coefficient (Wildman–Crippen LogP) is 4.61. The number of nitrogens with one attached hydrogen (secondary N) is 3. The van der Waals surface area contributed by atoms with Crippen molar-refractivity contribution in [2.75, 3.05) is 14.8 Å². The fourth-order valence-corrected chi connectivity index (χ4v) is 6.19. The number of thiazole rings is 1. The summed E-state index contributed by atoms with van der Waals surface area (Å²) in [6.45, 7) is 3.50. The van der Waals surface area contributed by atoms with Crippen LogP contribution in [0.4, 0.5) is 16.5 Å². The molecule has 9 nitrogen and oxygen atoms in total. The first kappa shape index (κ1) is 25.4. The summed E-state index contributed by atoms with van der Waals surface area (Å²) in [6.07, 6.45) is 1.49. The van der Waals surface area contributed by atoms with E-state index in [0.717, 1.165) is 16.9 Å². The van der Waals surface area contributed by atoms with Crippen LogP contribution in [0.1, 0.15) is 21.5 Å². The van der Waals surface area contributed by atoms with Crippen molar-refractivity contribution in [3.8, 4) is 0 Å². The van der Waals surface area contributed by atoms with E-state index in [0.29, 0.717) is 11.3 Å². The first-order valence-electron chi connectivity index (χ1n) is 10.6. The molecule has 0 aliphatic rings. The van der Waals surface area contributed by atoms with Crippen molar-refractivity contribution >= 4 is 53.8 Å². The van der Waals surface area contributed by atoms with Gasteiger partial charge in [0.15, 0.2) is 5.13 Å². The first-order chi connectivity index (χ1) is 17.0. The Hall–Kier alpha value is -3.74. The molecule has 0 aliphatic carbocycles. The van der Waals surface area contributed by atoms with Gasteiger partial charge < -0.3 is 5.32 Å². The third kappa shape index (κ3) is 5.73. The average molecular weight is 543 g/mol. The molecule has 12 heteroatoms. The van der Waals surface area contributed by atoms with Gasteiger partial charge in [0.25, 0.3) is 26.0 Å². The van der Waals surface area contributed by atoms with E-state index in [1.807, 2.05) is 6.92 Å². The zero-order valence-electron chi connectivity index (χ0n) is 19.2. The molecule has 0 bridgehead atoms. The van der Waals surface area contributed by atoms with E-state index in [-0.39, 0.29) is 26.2 Å². The van der Waals surface area contributed by atoms with Crippen LogP contribution in [0.5, 0.6) is 0 Å². The van der Waals surface area contributed by atoms with Gasteiger partial charge in [-0.3, -0.25) is 14.2 Å². The number of sulfonamides is 2. The van der Waals surface area contributed by atoms with E-state index in [9.17, 15) is 21.6 Å². The van der Waals surface area contributed by atoms with Crippen molar-refractivity contribution in [2.45, 2.75) is 23.6 Å². The number of hydrogen-bond acceptors (Lipinski definition) is 7. The second kappa shape index (κ2) is 10.1. The largest absolute Gasteiger partial charge is 0.322 e. The Balaban J connectivity index is 1.49. The Bertz CT molecular complexity index is 1600. The standard InChI is InChI=1S/C24H22N4O5S3/c1-16-6-10-19(11-7-16)35(30,31)27-22-5-3-4-21(17(22)2)23(29)26-18-8-12-20(13-9-18)36(32,33)28-24-25-14-15-34-24/h3-15,27H,1-2H3,(H,25,28)(H,26,29). The predicted molar refractivity (Wildman–Crippen MR) is 140 cm³/mol. The summed E-state index contributed by atoms with van der Waals surface area (Å²) in [6, 6.07) is 16.8. The minimum absolute atomic E-state index is 0.0133. The molecule has 0 radical (unpaired) electrons. The lowest BCUT2D eigenvalue weighted by atomic mass is 10.1. The maximum absolute atomic E-state index is 12.9. The van der Waals surface area contributed by atoms with Crippen LogP contribution in [0.3, 0.4) is 0 Å². The van der Waals surface area contributed by atoms with E-state index < -0.39 is 26.0 Å². The fourth-order valence-electron chi connectivity index (χ4n) is 3.28. The highest BCUT2D eigenvalue weighted by Crippen LogP contribution is 2.24. The molecule has 186 valence electrons. The lowest BCUT2D eigenvalue weighted by Gasteiger charge is -2.14.